The smallest absolute Gasteiger partial charge is 0.376 e. The minimum absolute atomic E-state index is 0.214. The number of halogens is 1. The number of benzene rings is 3. The summed E-state index contributed by atoms with van der Waals surface area (Å²) in [4.78, 5) is 20.3. The van der Waals surface area contributed by atoms with Gasteiger partial charge in [0, 0.05) is 17.0 Å². The van der Waals surface area contributed by atoms with Gasteiger partial charge in [0.25, 0.3) is 0 Å². The highest BCUT2D eigenvalue weighted by Crippen LogP contribution is 2.51. The number of rotatable bonds is 4. The Morgan fingerprint density at radius 1 is 1.06 bits per heavy atom. The van der Waals surface area contributed by atoms with Gasteiger partial charge in [-0.2, -0.15) is 0 Å². The van der Waals surface area contributed by atoms with E-state index in [1.165, 1.54) is 0 Å². The molecular formula is C26H23ClN4O2S. The molecule has 0 aromatic heterocycles. The van der Waals surface area contributed by atoms with Crippen LogP contribution in [-0.4, -0.2) is 29.7 Å². The van der Waals surface area contributed by atoms with Crippen molar-refractivity contribution < 1.29 is 9.53 Å². The molecule has 3 aromatic rings. The molecule has 5 rings (SSSR count). The lowest BCUT2D eigenvalue weighted by Gasteiger charge is -2.44. The summed E-state index contributed by atoms with van der Waals surface area (Å²) in [5, 5.41) is 8.36. The predicted octanol–water partition coefficient (Wildman–Crippen LogP) is 6.19. The van der Waals surface area contributed by atoms with Gasteiger partial charge in [0.2, 0.25) is 5.84 Å². The van der Waals surface area contributed by atoms with Crippen molar-refractivity contribution in [2.75, 3.05) is 22.8 Å². The van der Waals surface area contributed by atoms with Gasteiger partial charge < -0.3 is 4.74 Å². The van der Waals surface area contributed by atoms with Gasteiger partial charge in [-0.3, -0.25) is 4.90 Å². The Kier molecular flexibility index (Phi) is 6.06. The Hall–Kier alpha value is -3.29. The van der Waals surface area contributed by atoms with Crippen LogP contribution in [0.25, 0.3) is 0 Å². The van der Waals surface area contributed by atoms with Gasteiger partial charge in [-0.1, -0.05) is 54.1 Å². The molecule has 0 spiro atoms. The van der Waals surface area contributed by atoms with Gasteiger partial charge in [0.15, 0.2) is 5.66 Å². The lowest BCUT2D eigenvalue weighted by molar-refractivity contribution is -0.135. The fraction of sp³-hybridized carbons (Fsp3) is 0.192. The first-order valence-electron chi connectivity index (χ1n) is 11.0. The number of hydrogen-bond donors (Lipinski definition) is 0. The van der Waals surface area contributed by atoms with E-state index in [0.29, 0.717) is 11.4 Å². The molecule has 0 bridgehead atoms. The summed E-state index contributed by atoms with van der Waals surface area (Å²) in [5.74, 6) is -0.271. The normalized spacial score (nSPS) is 19.0. The summed E-state index contributed by atoms with van der Waals surface area (Å²) in [7, 11) is 0. The maximum atomic E-state index is 13.3. The highest BCUT2D eigenvalue weighted by atomic mass is 35.5. The van der Waals surface area contributed by atoms with Crippen LogP contribution in [0.3, 0.4) is 0 Å². The summed E-state index contributed by atoms with van der Waals surface area (Å²) >= 11 is 7.80. The van der Waals surface area contributed by atoms with Crippen molar-refractivity contribution in [2.45, 2.75) is 19.0 Å². The van der Waals surface area contributed by atoms with Crippen LogP contribution in [0.1, 0.15) is 18.9 Å². The molecule has 0 N–H and O–H groups in total. The van der Waals surface area contributed by atoms with E-state index in [1.54, 1.807) is 18.7 Å². The highest BCUT2D eigenvalue weighted by molar-refractivity contribution is 8.13. The number of esters is 1. The average Bonchev–Trinajstić information content (AvgIpc) is 3.12. The Morgan fingerprint density at radius 2 is 1.76 bits per heavy atom. The number of amidine groups is 1. The van der Waals surface area contributed by atoms with E-state index < -0.39 is 11.6 Å². The van der Waals surface area contributed by atoms with Gasteiger partial charge in [0.1, 0.15) is 0 Å². The van der Waals surface area contributed by atoms with Crippen LogP contribution in [0, 0.1) is 0 Å². The van der Waals surface area contributed by atoms with Crippen molar-refractivity contribution >= 4 is 57.3 Å². The molecule has 0 saturated heterocycles. The van der Waals surface area contributed by atoms with Gasteiger partial charge in [-0.15, -0.1) is 16.9 Å². The van der Waals surface area contributed by atoms with Gasteiger partial charge in [-0.05, 0) is 49.6 Å². The third-order valence-corrected chi connectivity index (χ3v) is 6.85. The SMILES string of the molecule is CCOC(=O)C1=NN(c2ccc(Cl)cc2)C2(c3ccccc3)CC(SC)=Nc3ccccc3N12. The number of para-hydroxylation sites is 2. The van der Waals surface area contributed by atoms with E-state index in [2.05, 4.69) is 12.1 Å². The van der Waals surface area contributed by atoms with Gasteiger partial charge in [-0.25, -0.2) is 14.8 Å². The molecule has 0 aliphatic carbocycles. The Labute approximate surface area is 207 Å². The fourth-order valence-electron chi connectivity index (χ4n) is 4.45. The average molecular weight is 491 g/mol. The third kappa shape index (κ3) is 3.65. The first kappa shape index (κ1) is 22.5. The highest BCUT2D eigenvalue weighted by Gasteiger charge is 2.55. The molecule has 8 heteroatoms. The number of hydrazone groups is 1. The van der Waals surface area contributed by atoms with Crippen molar-refractivity contribution in [3.8, 4) is 0 Å². The maximum Gasteiger partial charge on any atom is 0.376 e. The van der Waals surface area contributed by atoms with E-state index in [4.69, 9.17) is 26.4 Å². The van der Waals surface area contributed by atoms with Gasteiger partial charge in [0.05, 0.1) is 28.7 Å². The second kappa shape index (κ2) is 9.16. The van der Waals surface area contributed by atoms with Crippen LogP contribution in [0.2, 0.25) is 5.02 Å². The van der Waals surface area contributed by atoms with Crippen LogP contribution in [-0.2, 0) is 15.2 Å². The number of ether oxygens (including phenoxy) is 1. The van der Waals surface area contributed by atoms with E-state index in [1.807, 2.05) is 82.9 Å². The largest absolute Gasteiger partial charge is 0.460 e. The molecule has 2 aliphatic heterocycles. The van der Waals surface area contributed by atoms with E-state index in [0.717, 1.165) is 27.7 Å². The molecule has 0 radical (unpaired) electrons. The maximum absolute atomic E-state index is 13.3. The Morgan fingerprint density at radius 3 is 2.47 bits per heavy atom. The molecule has 1 unspecified atom stereocenters. The third-order valence-electron chi connectivity index (χ3n) is 5.89. The second-order valence-electron chi connectivity index (χ2n) is 7.83. The quantitative estimate of drug-likeness (QED) is 0.408. The first-order valence-corrected chi connectivity index (χ1v) is 12.6. The monoisotopic (exact) mass is 490 g/mol. The standard InChI is InChI=1S/C26H23ClN4O2S/c1-3-33-25(32)24-29-31(20-15-13-19(27)14-16-20)26(18-9-5-4-6-10-18)17-23(34-2)28-21-11-7-8-12-22(21)30(24)26/h4-16H,3,17H2,1-2H3. The van der Waals surface area contributed by atoms with Crippen LogP contribution in [0.15, 0.2) is 89.0 Å². The van der Waals surface area contributed by atoms with Crippen molar-refractivity contribution in [3.05, 3.63) is 89.4 Å². The molecule has 6 nitrogen and oxygen atoms in total. The van der Waals surface area contributed by atoms with Crippen molar-refractivity contribution in [2.24, 2.45) is 10.1 Å². The summed E-state index contributed by atoms with van der Waals surface area (Å²) in [6.45, 7) is 2.04. The molecule has 2 heterocycles. The molecule has 0 fully saturated rings. The van der Waals surface area contributed by atoms with Crippen molar-refractivity contribution in [1.82, 2.24) is 0 Å². The van der Waals surface area contributed by atoms with E-state index in [-0.39, 0.29) is 12.4 Å². The second-order valence-corrected chi connectivity index (χ2v) is 9.14. The lowest BCUT2D eigenvalue weighted by Crippen LogP contribution is -2.55. The zero-order valence-electron chi connectivity index (χ0n) is 18.8. The molecule has 3 aromatic carbocycles. The Balaban J connectivity index is 1.84. The van der Waals surface area contributed by atoms with E-state index in [9.17, 15) is 4.79 Å². The minimum Gasteiger partial charge on any atom is -0.460 e. The molecular weight excluding hydrogens is 468 g/mol. The van der Waals surface area contributed by atoms with E-state index >= 15 is 0 Å². The molecule has 1 atom stereocenters. The molecule has 172 valence electrons. The van der Waals surface area contributed by atoms with Crippen molar-refractivity contribution in [3.63, 3.8) is 0 Å². The lowest BCUT2D eigenvalue weighted by atomic mass is 9.92. The number of carbonyl (C=O) groups excluding carboxylic acids is 1. The molecule has 2 aliphatic rings. The zero-order chi connectivity index (χ0) is 23.7. The van der Waals surface area contributed by atoms with Crippen LogP contribution in [0.5, 0.6) is 0 Å². The number of fused-ring (bicyclic) bond motifs is 3. The summed E-state index contributed by atoms with van der Waals surface area (Å²) in [6.07, 6.45) is 2.52. The van der Waals surface area contributed by atoms with Crippen LogP contribution < -0.4 is 9.91 Å². The molecule has 0 amide bonds. The van der Waals surface area contributed by atoms with Crippen molar-refractivity contribution in [1.29, 1.82) is 0 Å². The van der Waals surface area contributed by atoms with Crippen LogP contribution in [0.4, 0.5) is 17.1 Å². The number of aliphatic imine (C=N–C) groups is 1. The molecule has 0 saturated carbocycles. The summed E-state index contributed by atoms with van der Waals surface area (Å²) in [5.41, 5.74) is 2.47. The van der Waals surface area contributed by atoms with Crippen LogP contribution >= 0.6 is 23.4 Å². The number of thioether (sulfide) groups is 1. The fourth-order valence-corrected chi connectivity index (χ4v) is 5.11. The number of nitrogens with zero attached hydrogens (tertiary/aromatic N) is 4. The number of carbonyl (C=O) groups is 1. The number of hydrogen-bond acceptors (Lipinski definition) is 7. The molecule has 34 heavy (non-hydrogen) atoms. The first-order chi connectivity index (χ1) is 16.6. The minimum atomic E-state index is -0.883. The zero-order valence-corrected chi connectivity index (χ0v) is 20.4. The van der Waals surface area contributed by atoms with Gasteiger partial charge >= 0.3 is 5.97 Å². The summed E-state index contributed by atoms with van der Waals surface area (Å²) in [6, 6.07) is 25.4. The summed E-state index contributed by atoms with van der Waals surface area (Å²) < 4.78 is 5.47. The Bertz CT molecular complexity index is 1280. The number of anilines is 2. The topological polar surface area (TPSA) is 57.5 Å². The predicted molar refractivity (Wildman–Crippen MR) is 140 cm³/mol.